The average Bonchev–Trinajstić information content (AvgIpc) is 3.57. The van der Waals surface area contributed by atoms with E-state index in [1.54, 1.807) is 49.5 Å². The van der Waals surface area contributed by atoms with E-state index < -0.39 is 17.6 Å². The normalized spacial score (nSPS) is 17.1. The minimum atomic E-state index is -4.56. The summed E-state index contributed by atoms with van der Waals surface area (Å²) in [6, 6.07) is 3.69. The standard InChI is InChI=1S/C27H33F3N8OS/c1-5-18(11-23(17(3)4)38-16-22(34-35-38)24-15-32-26(31)40-24)25(39)33-20-12-19(27(28,29)30)13-21(14-20)37-9-7-36(6-2)8-10-37/h5,11-16,34-35H,3,6-10H2,1-2,4H3,(H2,31,32)(H,33,39)/b18-5+,23-11+. The van der Waals surface area contributed by atoms with Gasteiger partial charge in [-0.2, -0.15) is 13.2 Å². The van der Waals surface area contributed by atoms with E-state index in [-0.39, 0.29) is 11.3 Å². The first-order valence-corrected chi connectivity index (χ1v) is 13.6. The lowest BCUT2D eigenvalue weighted by Gasteiger charge is -2.36. The van der Waals surface area contributed by atoms with Crippen LogP contribution in [0.5, 0.6) is 0 Å². The second-order valence-electron chi connectivity index (χ2n) is 9.41. The number of nitrogen functional groups attached to an aromatic ring is 1. The van der Waals surface area contributed by atoms with Gasteiger partial charge in [-0.1, -0.05) is 30.9 Å². The summed E-state index contributed by atoms with van der Waals surface area (Å²) >= 11 is 1.31. The van der Waals surface area contributed by atoms with Crippen LogP contribution in [0.15, 0.2) is 66.2 Å². The molecule has 40 heavy (non-hydrogen) atoms. The molecule has 5 N–H and O–H groups in total. The highest BCUT2D eigenvalue weighted by Crippen LogP contribution is 2.35. The van der Waals surface area contributed by atoms with E-state index in [0.29, 0.717) is 35.2 Å². The van der Waals surface area contributed by atoms with E-state index in [1.165, 1.54) is 11.3 Å². The van der Waals surface area contributed by atoms with Gasteiger partial charge in [-0.3, -0.25) is 9.80 Å². The van der Waals surface area contributed by atoms with Gasteiger partial charge in [0.1, 0.15) is 0 Å². The molecule has 9 nitrogen and oxygen atoms in total. The molecule has 0 radical (unpaired) electrons. The van der Waals surface area contributed by atoms with Crippen molar-refractivity contribution in [2.45, 2.75) is 26.9 Å². The number of rotatable bonds is 8. The fraction of sp³-hybridized carbons (Fsp3) is 0.333. The van der Waals surface area contributed by atoms with Crippen molar-refractivity contribution in [1.29, 1.82) is 0 Å². The summed E-state index contributed by atoms with van der Waals surface area (Å²) in [4.78, 5) is 22.3. The summed E-state index contributed by atoms with van der Waals surface area (Å²) in [6.45, 7) is 13.2. The molecule has 0 spiro atoms. The Morgan fingerprint density at radius 1 is 1.25 bits per heavy atom. The molecule has 1 amide bonds. The number of carbonyl (C=O) groups is 1. The Bertz CT molecular complexity index is 1360. The first kappa shape index (κ1) is 29.2. The second kappa shape index (κ2) is 12.1. The van der Waals surface area contributed by atoms with Gasteiger partial charge in [-0.15, -0.1) is 5.53 Å². The van der Waals surface area contributed by atoms with E-state index >= 15 is 0 Å². The molecule has 2 aliphatic heterocycles. The van der Waals surface area contributed by atoms with Gasteiger partial charge in [-0.25, -0.2) is 4.98 Å². The zero-order chi connectivity index (χ0) is 29.0. The molecular formula is C27H33F3N8OS. The number of nitrogens with one attached hydrogen (secondary N) is 3. The van der Waals surface area contributed by atoms with E-state index in [9.17, 15) is 18.0 Å². The Morgan fingerprint density at radius 2 is 1.98 bits per heavy atom. The molecule has 214 valence electrons. The lowest BCUT2D eigenvalue weighted by molar-refractivity contribution is -0.137. The van der Waals surface area contributed by atoms with Crippen LogP contribution in [-0.2, 0) is 11.0 Å². The monoisotopic (exact) mass is 574 g/mol. The van der Waals surface area contributed by atoms with Crippen molar-refractivity contribution in [1.82, 2.24) is 25.9 Å². The quantitative estimate of drug-likeness (QED) is 0.269. The SMILES string of the molecule is C=C(C)/C(=C\C(=C/C)C(=O)Nc1cc(N2CCN(CC)CC2)cc(C(F)(F)F)c1)N1C=C(c2cnc(N)s2)NN1. The zero-order valence-corrected chi connectivity index (χ0v) is 23.4. The minimum Gasteiger partial charge on any atom is -0.375 e. The van der Waals surface area contributed by atoms with Gasteiger partial charge < -0.3 is 26.3 Å². The highest BCUT2D eigenvalue weighted by molar-refractivity contribution is 7.16. The third-order valence-electron chi connectivity index (χ3n) is 6.61. The van der Waals surface area contributed by atoms with Crippen LogP contribution in [0.2, 0.25) is 0 Å². The van der Waals surface area contributed by atoms with Crippen molar-refractivity contribution < 1.29 is 18.0 Å². The van der Waals surface area contributed by atoms with Crippen LogP contribution in [0.3, 0.4) is 0 Å². The van der Waals surface area contributed by atoms with Crippen molar-refractivity contribution in [2.24, 2.45) is 0 Å². The zero-order valence-electron chi connectivity index (χ0n) is 22.6. The second-order valence-corrected chi connectivity index (χ2v) is 10.5. The maximum atomic E-state index is 13.8. The molecule has 4 rings (SSSR count). The lowest BCUT2D eigenvalue weighted by Crippen LogP contribution is -2.46. The van der Waals surface area contributed by atoms with Gasteiger partial charge >= 0.3 is 6.18 Å². The van der Waals surface area contributed by atoms with E-state index in [2.05, 4.69) is 39.7 Å². The number of anilines is 3. The molecule has 0 bridgehead atoms. The van der Waals surface area contributed by atoms with Crippen LogP contribution in [-0.4, -0.2) is 53.5 Å². The molecule has 0 atom stereocenters. The molecule has 3 heterocycles. The van der Waals surface area contributed by atoms with Crippen LogP contribution in [0.25, 0.3) is 5.70 Å². The summed E-state index contributed by atoms with van der Waals surface area (Å²) in [6.07, 6.45) is 2.07. The first-order valence-electron chi connectivity index (χ1n) is 12.8. The van der Waals surface area contributed by atoms with Crippen LogP contribution in [0.4, 0.5) is 29.7 Å². The number of hydrogen-bond acceptors (Lipinski definition) is 9. The number of carbonyl (C=O) groups excluding carboxylic acids is 1. The summed E-state index contributed by atoms with van der Waals surface area (Å²) in [7, 11) is 0. The number of benzene rings is 1. The number of alkyl halides is 3. The molecule has 2 aliphatic rings. The molecule has 1 aromatic heterocycles. The van der Waals surface area contributed by atoms with Crippen molar-refractivity contribution in [3.05, 3.63) is 76.6 Å². The number of thiazole rings is 1. The van der Waals surface area contributed by atoms with Gasteiger partial charge in [-0.05, 0) is 50.2 Å². The number of piperazine rings is 1. The number of hydrazine groups is 2. The van der Waals surface area contributed by atoms with E-state index in [1.807, 2.05) is 4.90 Å². The number of hydrogen-bond donors (Lipinski definition) is 4. The molecule has 2 aromatic rings. The van der Waals surface area contributed by atoms with Gasteiger partial charge in [0.05, 0.1) is 21.8 Å². The minimum absolute atomic E-state index is 0.0725. The predicted molar refractivity (Wildman–Crippen MR) is 154 cm³/mol. The number of halogens is 3. The topological polar surface area (TPSA) is 102 Å². The number of nitrogens with zero attached hydrogens (tertiary/aromatic N) is 4. The molecule has 13 heteroatoms. The van der Waals surface area contributed by atoms with Gasteiger partial charge in [0.25, 0.3) is 5.91 Å². The van der Waals surface area contributed by atoms with Crippen LogP contribution >= 0.6 is 11.3 Å². The number of allylic oxidation sites excluding steroid dienone is 2. The maximum Gasteiger partial charge on any atom is 0.416 e. The smallest absolute Gasteiger partial charge is 0.375 e. The molecule has 1 aromatic carbocycles. The average molecular weight is 575 g/mol. The Labute approximate surface area is 235 Å². The Kier molecular flexibility index (Phi) is 8.86. The Morgan fingerprint density at radius 3 is 2.55 bits per heavy atom. The van der Waals surface area contributed by atoms with Gasteiger partial charge in [0, 0.05) is 55.5 Å². The largest absolute Gasteiger partial charge is 0.416 e. The van der Waals surface area contributed by atoms with Crippen molar-refractivity contribution >= 4 is 39.4 Å². The number of nitrogens with two attached hydrogens (primary N) is 1. The van der Waals surface area contributed by atoms with Crippen LogP contribution in [0, 0.1) is 0 Å². The number of likely N-dealkylation sites (N-methyl/N-ethyl adjacent to an activating group) is 1. The predicted octanol–water partition coefficient (Wildman–Crippen LogP) is 4.55. The van der Waals surface area contributed by atoms with Gasteiger partial charge in [0.15, 0.2) is 5.13 Å². The number of amides is 1. The summed E-state index contributed by atoms with van der Waals surface area (Å²) < 4.78 is 41.3. The highest BCUT2D eigenvalue weighted by atomic mass is 32.1. The fourth-order valence-electron chi connectivity index (χ4n) is 4.36. The van der Waals surface area contributed by atoms with E-state index in [0.717, 1.165) is 42.3 Å². The van der Waals surface area contributed by atoms with Gasteiger partial charge in [0.2, 0.25) is 0 Å². The highest BCUT2D eigenvalue weighted by Gasteiger charge is 2.32. The molecule has 1 fully saturated rings. The third kappa shape index (κ3) is 6.84. The van der Waals surface area contributed by atoms with Crippen molar-refractivity contribution in [3.8, 4) is 0 Å². The molecule has 0 unspecified atom stereocenters. The summed E-state index contributed by atoms with van der Waals surface area (Å²) in [5, 5.41) is 4.75. The Balaban J connectivity index is 1.57. The van der Waals surface area contributed by atoms with Crippen LogP contribution < -0.4 is 26.9 Å². The molecule has 0 aliphatic carbocycles. The summed E-state index contributed by atoms with van der Waals surface area (Å²) in [5.41, 5.74) is 13.6. The van der Waals surface area contributed by atoms with Crippen molar-refractivity contribution in [3.63, 3.8) is 0 Å². The molecular weight excluding hydrogens is 541 g/mol. The lowest BCUT2D eigenvalue weighted by atomic mass is 10.1. The Hall–Kier alpha value is -3.81. The molecule has 1 saturated heterocycles. The molecule has 0 saturated carbocycles. The maximum absolute atomic E-state index is 13.8. The fourth-order valence-corrected chi connectivity index (χ4v) is 5.01. The summed E-state index contributed by atoms with van der Waals surface area (Å²) in [5.74, 6) is -0.547. The van der Waals surface area contributed by atoms with Crippen molar-refractivity contribution in [2.75, 3.05) is 48.7 Å². The first-order chi connectivity index (χ1) is 19.0. The van der Waals surface area contributed by atoms with Crippen LogP contribution in [0.1, 0.15) is 31.2 Å². The number of aromatic nitrogens is 1. The third-order valence-corrected chi connectivity index (χ3v) is 7.47. The van der Waals surface area contributed by atoms with E-state index in [4.69, 9.17) is 5.73 Å².